The van der Waals surface area contributed by atoms with Crippen LogP contribution in [0.15, 0.2) is 36.8 Å². The van der Waals surface area contributed by atoms with E-state index in [0.29, 0.717) is 6.54 Å². The van der Waals surface area contributed by atoms with E-state index in [1.165, 1.54) is 11.1 Å². The Morgan fingerprint density at radius 2 is 2.13 bits per heavy atom. The lowest BCUT2D eigenvalue weighted by Crippen LogP contribution is -2.41. The summed E-state index contributed by atoms with van der Waals surface area (Å²) in [6, 6.07) is 6.03. The third-order valence-corrected chi connectivity index (χ3v) is 4.44. The molecular weight excluding hydrogens is 288 g/mol. The lowest BCUT2D eigenvalue weighted by atomic mass is 9.97. The summed E-state index contributed by atoms with van der Waals surface area (Å²) in [6.45, 7) is 5.74. The van der Waals surface area contributed by atoms with Gasteiger partial charge in [0.25, 0.3) is 0 Å². The van der Waals surface area contributed by atoms with Crippen molar-refractivity contribution in [1.29, 1.82) is 0 Å². The fourth-order valence-corrected chi connectivity index (χ4v) is 2.92. The maximum Gasteiger partial charge on any atom is 0.229 e. The maximum absolute atomic E-state index is 12.6. The van der Waals surface area contributed by atoms with Gasteiger partial charge in [-0.05, 0) is 49.9 Å². The Balaban J connectivity index is 1.66. The molecule has 0 bridgehead atoms. The normalized spacial score (nSPS) is 17.8. The average molecular weight is 310 g/mol. The number of aromatic nitrogens is 2. The van der Waals surface area contributed by atoms with Crippen molar-refractivity contribution in [2.24, 2.45) is 5.92 Å². The van der Waals surface area contributed by atoms with Crippen molar-refractivity contribution in [2.45, 2.75) is 26.7 Å². The fourth-order valence-electron chi connectivity index (χ4n) is 2.92. The third-order valence-electron chi connectivity index (χ3n) is 4.44. The Labute approximate surface area is 136 Å². The quantitative estimate of drug-likeness (QED) is 0.947. The van der Waals surface area contributed by atoms with Gasteiger partial charge >= 0.3 is 0 Å². The Kier molecular flexibility index (Phi) is 4.55. The monoisotopic (exact) mass is 310 g/mol. The molecule has 5 heteroatoms. The lowest BCUT2D eigenvalue weighted by molar-refractivity contribution is -0.120. The van der Waals surface area contributed by atoms with Crippen LogP contribution in [0, 0.1) is 19.8 Å². The van der Waals surface area contributed by atoms with E-state index in [1.54, 1.807) is 18.6 Å². The minimum atomic E-state index is -0.0210. The summed E-state index contributed by atoms with van der Waals surface area (Å²) in [5, 5.41) is 3.05. The van der Waals surface area contributed by atoms with E-state index in [4.69, 9.17) is 0 Å². The topological polar surface area (TPSA) is 58.1 Å². The third kappa shape index (κ3) is 3.67. The number of carbonyl (C=O) groups excluding carboxylic acids is 1. The molecule has 0 radical (unpaired) electrons. The molecule has 1 aromatic heterocycles. The number of rotatable bonds is 3. The molecule has 1 fully saturated rings. The van der Waals surface area contributed by atoms with Crippen LogP contribution < -0.4 is 10.2 Å². The molecular formula is C18H22N4O. The van der Waals surface area contributed by atoms with Gasteiger partial charge in [-0.3, -0.25) is 9.78 Å². The second kappa shape index (κ2) is 6.77. The zero-order chi connectivity index (χ0) is 16.2. The molecule has 2 aromatic rings. The number of hydrogen-bond acceptors (Lipinski definition) is 4. The molecule has 1 saturated heterocycles. The van der Waals surface area contributed by atoms with E-state index in [2.05, 4.69) is 34.0 Å². The molecule has 120 valence electrons. The number of hydrogen-bond donors (Lipinski definition) is 1. The van der Waals surface area contributed by atoms with Crippen LogP contribution in [0.5, 0.6) is 0 Å². The van der Waals surface area contributed by atoms with Crippen LogP contribution in [0.1, 0.15) is 24.0 Å². The number of benzene rings is 1. The second-order valence-electron chi connectivity index (χ2n) is 6.14. The van der Waals surface area contributed by atoms with E-state index >= 15 is 0 Å². The number of piperidine rings is 1. The van der Waals surface area contributed by atoms with Crippen molar-refractivity contribution < 1.29 is 4.79 Å². The molecule has 0 spiro atoms. The highest BCUT2D eigenvalue weighted by atomic mass is 16.1. The molecule has 1 aliphatic rings. The first-order valence-corrected chi connectivity index (χ1v) is 8.02. The first kappa shape index (κ1) is 15.5. The molecule has 1 N–H and O–H groups in total. The van der Waals surface area contributed by atoms with Gasteiger partial charge < -0.3 is 10.2 Å². The number of amides is 1. The van der Waals surface area contributed by atoms with E-state index < -0.39 is 0 Å². The molecule has 0 aliphatic carbocycles. The lowest BCUT2D eigenvalue weighted by Gasteiger charge is -2.32. The molecule has 23 heavy (non-hydrogen) atoms. The Morgan fingerprint density at radius 3 is 2.87 bits per heavy atom. The maximum atomic E-state index is 12.6. The summed E-state index contributed by atoms with van der Waals surface area (Å²) in [5.41, 5.74) is 3.29. The standard InChI is InChI=1S/C18H22N4O/c1-13-5-6-16(10-14(13)2)21-18(23)15-4-3-9-22(12-15)17-11-19-7-8-20-17/h5-8,10-11,15H,3-4,9,12H2,1-2H3,(H,21,23). The van der Waals surface area contributed by atoms with Gasteiger partial charge in [0.2, 0.25) is 5.91 Å². The summed E-state index contributed by atoms with van der Waals surface area (Å²) in [7, 11) is 0. The molecule has 3 rings (SSSR count). The second-order valence-corrected chi connectivity index (χ2v) is 6.14. The average Bonchev–Trinajstić information content (AvgIpc) is 2.59. The van der Waals surface area contributed by atoms with Crippen molar-refractivity contribution in [3.8, 4) is 0 Å². The van der Waals surface area contributed by atoms with Crippen LogP contribution in [-0.2, 0) is 4.79 Å². The molecule has 2 heterocycles. The van der Waals surface area contributed by atoms with Gasteiger partial charge in [-0.15, -0.1) is 0 Å². The number of carbonyl (C=O) groups is 1. The van der Waals surface area contributed by atoms with Crippen molar-refractivity contribution in [1.82, 2.24) is 9.97 Å². The van der Waals surface area contributed by atoms with Gasteiger partial charge in [-0.25, -0.2) is 4.98 Å². The number of nitrogens with zero attached hydrogens (tertiary/aromatic N) is 3. The summed E-state index contributed by atoms with van der Waals surface area (Å²) < 4.78 is 0. The van der Waals surface area contributed by atoms with Crippen molar-refractivity contribution in [3.05, 3.63) is 47.9 Å². The molecule has 0 saturated carbocycles. The molecule has 1 atom stereocenters. The summed E-state index contributed by atoms with van der Waals surface area (Å²) in [5.74, 6) is 0.908. The van der Waals surface area contributed by atoms with Gasteiger partial charge in [-0.1, -0.05) is 6.07 Å². The predicted molar refractivity (Wildman–Crippen MR) is 91.5 cm³/mol. The van der Waals surface area contributed by atoms with E-state index in [-0.39, 0.29) is 11.8 Å². The van der Waals surface area contributed by atoms with E-state index in [0.717, 1.165) is 30.9 Å². The van der Waals surface area contributed by atoms with Crippen LogP contribution >= 0.6 is 0 Å². The van der Waals surface area contributed by atoms with E-state index in [1.807, 2.05) is 18.2 Å². The minimum Gasteiger partial charge on any atom is -0.355 e. The zero-order valence-corrected chi connectivity index (χ0v) is 13.6. The van der Waals surface area contributed by atoms with Crippen LogP contribution in [0.3, 0.4) is 0 Å². The van der Waals surface area contributed by atoms with Crippen molar-refractivity contribution >= 4 is 17.4 Å². The molecule has 5 nitrogen and oxygen atoms in total. The summed E-state index contributed by atoms with van der Waals surface area (Å²) >= 11 is 0. The first-order chi connectivity index (χ1) is 11.1. The molecule has 1 aromatic carbocycles. The van der Waals surface area contributed by atoms with Gasteiger partial charge in [-0.2, -0.15) is 0 Å². The van der Waals surface area contributed by atoms with Gasteiger partial charge in [0.05, 0.1) is 12.1 Å². The highest BCUT2D eigenvalue weighted by molar-refractivity contribution is 5.93. The largest absolute Gasteiger partial charge is 0.355 e. The number of anilines is 2. The Hall–Kier alpha value is -2.43. The van der Waals surface area contributed by atoms with Crippen LogP contribution in [-0.4, -0.2) is 29.0 Å². The first-order valence-electron chi connectivity index (χ1n) is 8.02. The highest BCUT2D eigenvalue weighted by Crippen LogP contribution is 2.23. The molecule has 1 amide bonds. The predicted octanol–water partition coefficient (Wildman–Crippen LogP) is 2.95. The number of aryl methyl sites for hydroxylation is 2. The van der Waals surface area contributed by atoms with Crippen molar-refractivity contribution in [2.75, 3.05) is 23.3 Å². The Bertz CT molecular complexity index is 687. The SMILES string of the molecule is Cc1ccc(NC(=O)C2CCCN(c3cnccn3)C2)cc1C. The zero-order valence-electron chi connectivity index (χ0n) is 13.6. The smallest absolute Gasteiger partial charge is 0.229 e. The minimum absolute atomic E-state index is 0.0210. The van der Waals surface area contributed by atoms with Crippen LogP contribution in [0.25, 0.3) is 0 Å². The van der Waals surface area contributed by atoms with Crippen LogP contribution in [0.4, 0.5) is 11.5 Å². The Morgan fingerprint density at radius 1 is 1.26 bits per heavy atom. The van der Waals surface area contributed by atoms with Crippen molar-refractivity contribution in [3.63, 3.8) is 0 Å². The number of nitrogens with one attached hydrogen (secondary N) is 1. The molecule has 1 aliphatic heterocycles. The van der Waals surface area contributed by atoms with Gasteiger partial charge in [0.15, 0.2) is 0 Å². The summed E-state index contributed by atoms with van der Waals surface area (Å²) in [4.78, 5) is 23.2. The van der Waals surface area contributed by atoms with Gasteiger partial charge in [0, 0.05) is 31.2 Å². The summed E-state index contributed by atoms with van der Waals surface area (Å²) in [6.07, 6.45) is 7.00. The van der Waals surface area contributed by atoms with E-state index in [9.17, 15) is 4.79 Å². The van der Waals surface area contributed by atoms with Crippen LogP contribution in [0.2, 0.25) is 0 Å². The highest BCUT2D eigenvalue weighted by Gasteiger charge is 2.26. The fraction of sp³-hybridized carbons (Fsp3) is 0.389. The molecule has 1 unspecified atom stereocenters. The van der Waals surface area contributed by atoms with Gasteiger partial charge in [0.1, 0.15) is 5.82 Å².